The molecular weight excluding hydrogens is 284 g/mol. The van der Waals surface area contributed by atoms with Crippen LogP contribution in [0.2, 0.25) is 0 Å². The molecule has 0 saturated heterocycles. The van der Waals surface area contributed by atoms with Crippen molar-refractivity contribution in [3.63, 3.8) is 0 Å². The van der Waals surface area contributed by atoms with Crippen LogP contribution in [0.15, 0.2) is 30.3 Å². The topological polar surface area (TPSA) is 104 Å². The third-order valence-corrected chi connectivity index (χ3v) is 3.88. The average molecular weight is 300 g/mol. The standard InChI is InChI=1S/C12H16N2O5S/c1-14(20(2,18)19)8-10(15)13-11(12(16)17)9-6-4-3-5-7-9/h3-7,11H,8H2,1-2H3,(H,13,15)(H,16,17). The van der Waals surface area contributed by atoms with Crippen LogP contribution >= 0.6 is 0 Å². The first-order valence-corrected chi connectivity index (χ1v) is 7.55. The van der Waals surface area contributed by atoms with Crippen molar-refractivity contribution in [3.8, 4) is 0 Å². The summed E-state index contributed by atoms with van der Waals surface area (Å²) in [7, 11) is -2.25. The van der Waals surface area contributed by atoms with Gasteiger partial charge in [-0.05, 0) is 5.56 Å². The van der Waals surface area contributed by atoms with Crippen LogP contribution in [0.5, 0.6) is 0 Å². The summed E-state index contributed by atoms with van der Waals surface area (Å²) in [5.41, 5.74) is 0.412. The number of carboxylic acid groups (broad SMARTS) is 1. The molecule has 0 aliphatic heterocycles. The van der Waals surface area contributed by atoms with Gasteiger partial charge in [0, 0.05) is 7.05 Å². The molecule has 1 rings (SSSR count). The fourth-order valence-corrected chi connectivity index (χ4v) is 1.81. The van der Waals surface area contributed by atoms with Crippen molar-refractivity contribution in [2.75, 3.05) is 19.8 Å². The molecule has 20 heavy (non-hydrogen) atoms. The van der Waals surface area contributed by atoms with Gasteiger partial charge in [-0.25, -0.2) is 13.2 Å². The van der Waals surface area contributed by atoms with Crippen molar-refractivity contribution in [1.29, 1.82) is 0 Å². The van der Waals surface area contributed by atoms with Crippen LogP contribution in [0, 0.1) is 0 Å². The molecule has 8 heteroatoms. The van der Waals surface area contributed by atoms with E-state index in [4.69, 9.17) is 5.11 Å². The Morgan fingerprint density at radius 3 is 2.30 bits per heavy atom. The van der Waals surface area contributed by atoms with Gasteiger partial charge in [-0.2, -0.15) is 4.31 Å². The molecule has 1 amide bonds. The summed E-state index contributed by atoms with van der Waals surface area (Å²) >= 11 is 0. The zero-order valence-electron chi connectivity index (χ0n) is 11.1. The summed E-state index contributed by atoms with van der Waals surface area (Å²) in [5.74, 6) is -1.90. The highest BCUT2D eigenvalue weighted by molar-refractivity contribution is 7.88. The Morgan fingerprint density at radius 1 is 1.30 bits per heavy atom. The Kier molecular flexibility index (Phi) is 5.23. The first-order valence-electron chi connectivity index (χ1n) is 5.70. The van der Waals surface area contributed by atoms with Gasteiger partial charge in [0.1, 0.15) is 0 Å². The van der Waals surface area contributed by atoms with E-state index in [9.17, 15) is 18.0 Å². The number of hydrogen-bond acceptors (Lipinski definition) is 4. The Bertz CT molecular complexity index is 585. The molecule has 1 aromatic rings. The largest absolute Gasteiger partial charge is 0.479 e. The molecule has 0 aromatic heterocycles. The van der Waals surface area contributed by atoms with Gasteiger partial charge < -0.3 is 10.4 Å². The number of nitrogens with one attached hydrogen (secondary N) is 1. The minimum atomic E-state index is -3.49. The number of carboxylic acids is 1. The van der Waals surface area contributed by atoms with E-state index in [2.05, 4.69) is 5.32 Å². The SMILES string of the molecule is CN(CC(=O)NC(C(=O)O)c1ccccc1)S(C)(=O)=O. The minimum Gasteiger partial charge on any atom is -0.479 e. The average Bonchev–Trinajstić information content (AvgIpc) is 2.35. The molecule has 0 aliphatic carbocycles. The second-order valence-electron chi connectivity index (χ2n) is 4.27. The number of sulfonamides is 1. The Labute approximate surface area is 117 Å². The lowest BCUT2D eigenvalue weighted by Gasteiger charge is -2.18. The van der Waals surface area contributed by atoms with Gasteiger partial charge in [0.15, 0.2) is 6.04 Å². The molecule has 1 aromatic carbocycles. The fraction of sp³-hybridized carbons (Fsp3) is 0.333. The number of amides is 1. The maximum absolute atomic E-state index is 11.7. The molecule has 0 heterocycles. The molecule has 110 valence electrons. The number of rotatable bonds is 6. The normalized spacial score (nSPS) is 12.9. The van der Waals surface area contributed by atoms with Crippen LogP contribution in [-0.2, 0) is 19.6 Å². The van der Waals surface area contributed by atoms with Crippen molar-refractivity contribution in [2.24, 2.45) is 0 Å². The van der Waals surface area contributed by atoms with E-state index < -0.39 is 34.5 Å². The Morgan fingerprint density at radius 2 is 1.85 bits per heavy atom. The lowest BCUT2D eigenvalue weighted by molar-refractivity contribution is -0.142. The van der Waals surface area contributed by atoms with E-state index in [1.807, 2.05) is 0 Å². The Hall–Kier alpha value is -1.93. The fourth-order valence-electron chi connectivity index (χ4n) is 1.46. The molecule has 7 nitrogen and oxygen atoms in total. The van der Waals surface area contributed by atoms with Crippen LogP contribution in [0.4, 0.5) is 0 Å². The minimum absolute atomic E-state index is 0.412. The third kappa shape index (κ3) is 4.63. The summed E-state index contributed by atoms with van der Waals surface area (Å²) in [6.45, 7) is -0.435. The number of hydrogen-bond donors (Lipinski definition) is 2. The maximum Gasteiger partial charge on any atom is 0.330 e. The molecule has 0 radical (unpaired) electrons. The van der Waals surface area contributed by atoms with Gasteiger partial charge in [0.25, 0.3) is 0 Å². The summed E-state index contributed by atoms with van der Waals surface area (Å²) in [6.07, 6.45) is 0.964. The Balaban J connectivity index is 2.78. The zero-order valence-corrected chi connectivity index (χ0v) is 11.9. The predicted octanol–water partition coefficient (Wildman–Crippen LogP) is -0.180. The third-order valence-electron chi connectivity index (χ3n) is 2.62. The van der Waals surface area contributed by atoms with E-state index in [1.54, 1.807) is 30.3 Å². The number of aliphatic carboxylic acids is 1. The van der Waals surface area contributed by atoms with E-state index in [0.29, 0.717) is 5.56 Å². The summed E-state index contributed by atoms with van der Waals surface area (Å²) < 4.78 is 23.2. The monoisotopic (exact) mass is 300 g/mol. The van der Waals surface area contributed by atoms with Crippen LogP contribution in [0.3, 0.4) is 0 Å². The van der Waals surface area contributed by atoms with Crippen molar-refractivity contribution in [3.05, 3.63) is 35.9 Å². The van der Waals surface area contributed by atoms with Gasteiger partial charge in [0.2, 0.25) is 15.9 Å². The first kappa shape index (κ1) is 16.1. The van der Waals surface area contributed by atoms with Gasteiger partial charge in [0.05, 0.1) is 12.8 Å². The molecule has 0 bridgehead atoms. The van der Waals surface area contributed by atoms with Crippen LogP contribution in [0.25, 0.3) is 0 Å². The first-order chi connectivity index (χ1) is 9.21. The van der Waals surface area contributed by atoms with E-state index in [0.717, 1.165) is 10.6 Å². The van der Waals surface area contributed by atoms with E-state index >= 15 is 0 Å². The highest BCUT2D eigenvalue weighted by atomic mass is 32.2. The number of carbonyl (C=O) groups excluding carboxylic acids is 1. The second-order valence-corrected chi connectivity index (χ2v) is 6.36. The number of nitrogens with zero attached hydrogens (tertiary/aromatic N) is 1. The van der Waals surface area contributed by atoms with E-state index in [1.165, 1.54) is 7.05 Å². The van der Waals surface area contributed by atoms with Crippen molar-refractivity contribution >= 4 is 21.9 Å². The zero-order chi connectivity index (χ0) is 15.3. The maximum atomic E-state index is 11.7. The predicted molar refractivity (Wildman–Crippen MR) is 72.4 cm³/mol. The summed E-state index contributed by atoms with van der Waals surface area (Å²) in [6, 6.07) is 6.96. The summed E-state index contributed by atoms with van der Waals surface area (Å²) in [4.78, 5) is 22.9. The number of benzene rings is 1. The van der Waals surface area contributed by atoms with Crippen molar-refractivity contribution < 1.29 is 23.1 Å². The molecule has 0 saturated carbocycles. The second kappa shape index (κ2) is 6.49. The molecule has 0 aliphatic rings. The highest BCUT2D eigenvalue weighted by Gasteiger charge is 2.23. The van der Waals surface area contributed by atoms with Gasteiger partial charge in [-0.3, -0.25) is 4.79 Å². The molecular formula is C12H16N2O5S. The van der Waals surface area contributed by atoms with Gasteiger partial charge in [-0.15, -0.1) is 0 Å². The van der Waals surface area contributed by atoms with Gasteiger partial charge >= 0.3 is 5.97 Å². The lowest BCUT2D eigenvalue weighted by atomic mass is 10.1. The molecule has 1 atom stereocenters. The molecule has 1 unspecified atom stereocenters. The lowest BCUT2D eigenvalue weighted by Crippen LogP contribution is -2.41. The van der Waals surface area contributed by atoms with Crippen LogP contribution in [-0.4, -0.2) is 49.6 Å². The number of carbonyl (C=O) groups is 2. The summed E-state index contributed by atoms with van der Waals surface area (Å²) in [5, 5.41) is 11.4. The van der Waals surface area contributed by atoms with Crippen LogP contribution in [0.1, 0.15) is 11.6 Å². The molecule has 0 fully saturated rings. The van der Waals surface area contributed by atoms with Gasteiger partial charge in [-0.1, -0.05) is 30.3 Å². The highest BCUT2D eigenvalue weighted by Crippen LogP contribution is 2.12. The van der Waals surface area contributed by atoms with E-state index in [-0.39, 0.29) is 0 Å². The molecule has 2 N–H and O–H groups in total. The van der Waals surface area contributed by atoms with Crippen LogP contribution < -0.4 is 5.32 Å². The van der Waals surface area contributed by atoms with Crippen molar-refractivity contribution in [2.45, 2.75) is 6.04 Å². The quantitative estimate of drug-likeness (QED) is 0.758. The smallest absolute Gasteiger partial charge is 0.330 e. The van der Waals surface area contributed by atoms with Crippen molar-refractivity contribution in [1.82, 2.24) is 9.62 Å². The molecule has 0 spiro atoms. The number of likely N-dealkylation sites (N-methyl/N-ethyl adjacent to an activating group) is 1.